The first-order valence-corrected chi connectivity index (χ1v) is 9.94. The van der Waals surface area contributed by atoms with Gasteiger partial charge in [0.1, 0.15) is 0 Å². The molecule has 0 radical (unpaired) electrons. The molecule has 0 aromatic heterocycles. The smallest absolute Gasteiger partial charge is 0.317 e. The van der Waals surface area contributed by atoms with E-state index in [2.05, 4.69) is 10.6 Å². The molecule has 25 heavy (non-hydrogen) atoms. The molecule has 1 saturated carbocycles. The number of carbonyl (C=O) groups excluding carboxylic acids is 2. The Kier molecular flexibility index (Phi) is 5.87. The Morgan fingerprint density at radius 3 is 2.52 bits per heavy atom. The fraction of sp³-hybridized carbons (Fsp3) is 0.895. The van der Waals surface area contributed by atoms with Gasteiger partial charge in [-0.15, -0.1) is 0 Å². The van der Waals surface area contributed by atoms with Crippen LogP contribution < -0.4 is 10.6 Å². The van der Waals surface area contributed by atoms with Crippen LogP contribution in [0.5, 0.6) is 0 Å². The molecule has 3 amide bonds. The van der Waals surface area contributed by atoms with Gasteiger partial charge in [-0.3, -0.25) is 4.79 Å². The maximum absolute atomic E-state index is 12.2. The van der Waals surface area contributed by atoms with E-state index in [1.165, 1.54) is 6.42 Å². The molecule has 2 N–H and O–H groups in total. The third-order valence-corrected chi connectivity index (χ3v) is 5.91. The monoisotopic (exact) mass is 351 g/mol. The Morgan fingerprint density at radius 2 is 1.92 bits per heavy atom. The van der Waals surface area contributed by atoms with E-state index >= 15 is 0 Å². The topological polar surface area (TPSA) is 70.7 Å². The van der Waals surface area contributed by atoms with Crippen LogP contribution in [0.3, 0.4) is 0 Å². The number of ether oxygens (including phenoxy) is 1. The van der Waals surface area contributed by atoms with E-state index in [1.807, 2.05) is 18.7 Å². The first kappa shape index (κ1) is 18.5. The van der Waals surface area contributed by atoms with Crippen LogP contribution in [0.15, 0.2) is 0 Å². The minimum Gasteiger partial charge on any atom is -0.375 e. The molecule has 1 unspecified atom stereocenters. The second-order valence-corrected chi connectivity index (χ2v) is 8.38. The summed E-state index contributed by atoms with van der Waals surface area (Å²) in [7, 11) is 0. The van der Waals surface area contributed by atoms with Crippen molar-refractivity contribution in [2.75, 3.05) is 19.7 Å². The molecule has 0 aromatic carbocycles. The number of nitrogens with zero attached hydrogens (tertiary/aromatic N) is 1. The van der Waals surface area contributed by atoms with Crippen LogP contribution in [0, 0.1) is 5.92 Å². The largest absolute Gasteiger partial charge is 0.375 e. The Labute approximate surface area is 151 Å². The minimum atomic E-state index is -0.131. The standard InChI is InChI=1S/C19H33N3O3/c1-14(2)20-18(24)22-9-7-19(8-10-22)13-15(6-11-25-19)12-17(23)21-16-4-3-5-16/h14-16H,3-13H2,1-2H3,(H,20,24)(H,21,23). The molecule has 3 fully saturated rings. The fourth-order valence-electron chi connectivity index (χ4n) is 4.21. The van der Waals surface area contributed by atoms with Gasteiger partial charge in [0.2, 0.25) is 5.91 Å². The Hall–Kier alpha value is -1.30. The van der Waals surface area contributed by atoms with E-state index < -0.39 is 0 Å². The maximum atomic E-state index is 12.2. The zero-order valence-corrected chi connectivity index (χ0v) is 15.7. The van der Waals surface area contributed by atoms with Crippen molar-refractivity contribution in [3.05, 3.63) is 0 Å². The molecule has 0 bridgehead atoms. The van der Waals surface area contributed by atoms with Crippen LogP contribution >= 0.6 is 0 Å². The lowest BCUT2D eigenvalue weighted by atomic mass is 9.78. The lowest BCUT2D eigenvalue weighted by molar-refractivity contribution is -0.134. The molecule has 1 atom stereocenters. The first-order chi connectivity index (χ1) is 12.0. The minimum absolute atomic E-state index is 0.0251. The maximum Gasteiger partial charge on any atom is 0.317 e. The molecule has 0 aromatic rings. The van der Waals surface area contributed by atoms with E-state index in [0.717, 1.165) is 58.2 Å². The van der Waals surface area contributed by atoms with E-state index in [-0.39, 0.29) is 23.6 Å². The second kappa shape index (κ2) is 7.94. The molecule has 3 rings (SSSR count). The van der Waals surface area contributed by atoms with Crippen LogP contribution in [0.1, 0.15) is 65.2 Å². The molecule has 2 saturated heterocycles. The van der Waals surface area contributed by atoms with Gasteiger partial charge in [-0.25, -0.2) is 4.79 Å². The average Bonchev–Trinajstić information content (AvgIpc) is 2.51. The third-order valence-electron chi connectivity index (χ3n) is 5.91. The summed E-state index contributed by atoms with van der Waals surface area (Å²) in [5.41, 5.74) is -0.131. The van der Waals surface area contributed by atoms with Crippen molar-refractivity contribution < 1.29 is 14.3 Å². The molecular weight excluding hydrogens is 318 g/mol. The van der Waals surface area contributed by atoms with Crippen LogP contribution in [-0.4, -0.2) is 54.2 Å². The predicted molar refractivity (Wildman–Crippen MR) is 96.3 cm³/mol. The van der Waals surface area contributed by atoms with Crippen LogP contribution in [0.2, 0.25) is 0 Å². The summed E-state index contributed by atoms with van der Waals surface area (Å²) in [4.78, 5) is 26.3. The van der Waals surface area contributed by atoms with E-state index in [0.29, 0.717) is 18.4 Å². The van der Waals surface area contributed by atoms with Gasteiger partial charge in [0.25, 0.3) is 0 Å². The SMILES string of the molecule is CC(C)NC(=O)N1CCC2(CC1)CC(CC(=O)NC1CCC1)CCO2. The lowest BCUT2D eigenvalue weighted by Gasteiger charge is -2.46. The third kappa shape index (κ3) is 4.87. The highest BCUT2D eigenvalue weighted by Crippen LogP contribution is 2.38. The van der Waals surface area contributed by atoms with Crippen molar-refractivity contribution in [1.82, 2.24) is 15.5 Å². The molecule has 6 heteroatoms. The van der Waals surface area contributed by atoms with E-state index in [4.69, 9.17) is 4.74 Å². The lowest BCUT2D eigenvalue weighted by Crippen LogP contribution is -2.53. The van der Waals surface area contributed by atoms with Gasteiger partial charge in [0.15, 0.2) is 0 Å². The van der Waals surface area contributed by atoms with Gasteiger partial charge in [-0.1, -0.05) is 0 Å². The molecule has 1 spiro atoms. The molecule has 1 aliphatic carbocycles. The molecule has 2 heterocycles. The van der Waals surface area contributed by atoms with Gasteiger partial charge in [-0.2, -0.15) is 0 Å². The highest BCUT2D eigenvalue weighted by atomic mass is 16.5. The highest BCUT2D eigenvalue weighted by molar-refractivity contribution is 5.76. The van der Waals surface area contributed by atoms with Crippen molar-refractivity contribution in [2.24, 2.45) is 5.92 Å². The van der Waals surface area contributed by atoms with Gasteiger partial charge >= 0.3 is 6.03 Å². The number of piperidine rings is 1. The van der Waals surface area contributed by atoms with Gasteiger partial charge in [-0.05, 0) is 64.7 Å². The zero-order chi connectivity index (χ0) is 17.9. The molecule has 2 aliphatic heterocycles. The molecule has 6 nitrogen and oxygen atoms in total. The molecular formula is C19H33N3O3. The Morgan fingerprint density at radius 1 is 1.20 bits per heavy atom. The summed E-state index contributed by atoms with van der Waals surface area (Å²) in [6.07, 6.45) is 7.81. The molecule has 142 valence electrons. The highest BCUT2D eigenvalue weighted by Gasteiger charge is 2.41. The summed E-state index contributed by atoms with van der Waals surface area (Å²) >= 11 is 0. The first-order valence-electron chi connectivity index (χ1n) is 9.94. The number of nitrogens with one attached hydrogen (secondary N) is 2. The Balaban J connectivity index is 1.46. The number of carbonyl (C=O) groups is 2. The van der Waals surface area contributed by atoms with Crippen LogP contribution in [-0.2, 0) is 9.53 Å². The average molecular weight is 351 g/mol. The van der Waals surface area contributed by atoms with Gasteiger partial charge in [0.05, 0.1) is 5.60 Å². The van der Waals surface area contributed by atoms with Crippen molar-refractivity contribution in [1.29, 1.82) is 0 Å². The van der Waals surface area contributed by atoms with Crippen molar-refractivity contribution in [2.45, 2.75) is 82.9 Å². The van der Waals surface area contributed by atoms with Gasteiger partial charge in [0, 0.05) is 38.2 Å². The van der Waals surface area contributed by atoms with Gasteiger partial charge < -0.3 is 20.3 Å². The summed E-state index contributed by atoms with van der Waals surface area (Å²) in [5, 5.41) is 6.12. The quantitative estimate of drug-likeness (QED) is 0.817. The van der Waals surface area contributed by atoms with E-state index in [9.17, 15) is 9.59 Å². The summed E-state index contributed by atoms with van der Waals surface area (Å²) in [6, 6.07) is 0.606. The predicted octanol–water partition coefficient (Wildman–Crippen LogP) is 2.42. The normalized spacial score (nSPS) is 26.4. The number of amides is 3. The number of rotatable bonds is 4. The summed E-state index contributed by atoms with van der Waals surface area (Å²) in [6.45, 7) is 6.17. The zero-order valence-electron chi connectivity index (χ0n) is 15.7. The number of likely N-dealkylation sites (tertiary alicyclic amines) is 1. The van der Waals surface area contributed by atoms with Crippen molar-refractivity contribution >= 4 is 11.9 Å². The summed E-state index contributed by atoms with van der Waals surface area (Å²) < 4.78 is 6.15. The van der Waals surface area contributed by atoms with Crippen molar-refractivity contribution in [3.63, 3.8) is 0 Å². The number of hydrogen-bond acceptors (Lipinski definition) is 3. The Bertz CT molecular complexity index is 482. The number of urea groups is 1. The number of hydrogen-bond donors (Lipinski definition) is 2. The van der Waals surface area contributed by atoms with Crippen LogP contribution in [0.25, 0.3) is 0 Å². The summed E-state index contributed by atoms with van der Waals surface area (Å²) in [5.74, 6) is 0.616. The molecule has 3 aliphatic rings. The van der Waals surface area contributed by atoms with Crippen LogP contribution in [0.4, 0.5) is 4.79 Å². The fourth-order valence-corrected chi connectivity index (χ4v) is 4.21. The van der Waals surface area contributed by atoms with Crippen molar-refractivity contribution in [3.8, 4) is 0 Å². The second-order valence-electron chi connectivity index (χ2n) is 8.38. The van der Waals surface area contributed by atoms with E-state index in [1.54, 1.807) is 0 Å².